The van der Waals surface area contributed by atoms with E-state index in [0.717, 1.165) is 4.47 Å². The number of aromatic nitrogens is 1. The highest BCUT2D eigenvalue weighted by atomic mass is 79.9. The molecule has 2 aromatic rings. The van der Waals surface area contributed by atoms with Gasteiger partial charge in [-0.15, -0.1) is 0 Å². The van der Waals surface area contributed by atoms with Gasteiger partial charge in [-0.25, -0.2) is 0 Å². The van der Waals surface area contributed by atoms with Crippen molar-refractivity contribution in [2.75, 3.05) is 0 Å². The van der Waals surface area contributed by atoms with Crippen LogP contribution in [0.2, 0.25) is 0 Å². The third-order valence-electron chi connectivity index (χ3n) is 2.64. The van der Waals surface area contributed by atoms with Crippen LogP contribution >= 0.6 is 15.9 Å². The van der Waals surface area contributed by atoms with E-state index in [1.807, 2.05) is 0 Å². The molecule has 1 aromatic heterocycles. The van der Waals surface area contributed by atoms with Crippen LogP contribution in [0.3, 0.4) is 0 Å². The maximum atomic E-state index is 3.60. The highest BCUT2D eigenvalue weighted by molar-refractivity contribution is 9.10. The Morgan fingerprint density at radius 1 is 1.29 bits per heavy atom. The molecule has 0 aliphatic rings. The van der Waals surface area contributed by atoms with Gasteiger partial charge in [-0.05, 0) is 52.0 Å². The number of H-pyrrole nitrogens is 1. The molecule has 0 spiro atoms. The van der Waals surface area contributed by atoms with Crippen LogP contribution in [-0.4, -0.2) is 4.98 Å². The molecule has 74 valence electrons. The zero-order valence-electron chi connectivity index (χ0n) is 8.69. The number of fused-ring (bicyclic) bond motifs is 1. The Morgan fingerprint density at radius 2 is 2.00 bits per heavy atom. The molecule has 0 bridgehead atoms. The van der Waals surface area contributed by atoms with Crippen LogP contribution in [0.15, 0.2) is 22.8 Å². The maximum Gasteiger partial charge on any atom is 0.0601 e. The van der Waals surface area contributed by atoms with Crippen LogP contribution in [0.4, 0.5) is 0 Å². The first-order valence-electron chi connectivity index (χ1n) is 4.86. The Balaban J connectivity index is 2.75. The highest BCUT2D eigenvalue weighted by Crippen LogP contribution is 2.30. The molecule has 0 unspecified atom stereocenters. The molecule has 2 heteroatoms. The van der Waals surface area contributed by atoms with Gasteiger partial charge in [0.2, 0.25) is 0 Å². The number of benzene rings is 1. The van der Waals surface area contributed by atoms with Gasteiger partial charge in [0.1, 0.15) is 0 Å². The van der Waals surface area contributed by atoms with Crippen LogP contribution < -0.4 is 0 Å². The minimum Gasteiger partial charge on any atom is -0.360 e. The molecule has 0 aliphatic carbocycles. The van der Waals surface area contributed by atoms with Crippen molar-refractivity contribution >= 4 is 26.8 Å². The van der Waals surface area contributed by atoms with Gasteiger partial charge in [-0.1, -0.05) is 13.8 Å². The van der Waals surface area contributed by atoms with Gasteiger partial charge in [0.25, 0.3) is 0 Å². The van der Waals surface area contributed by atoms with Gasteiger partial charge in [-0.3, -0.25) is 0 Å². The highest BCUT2D eigenvalue weighted by Gasteiger charge is 2.07. The monoisotopic (exact) mass is 251 g/mol. The number of hydrogen-bond acceptors (Lipinski definition) is 0. The van der Waals surface area contributed by atoms with E-state index in [9.17, 15) is 0 Å². The van der Waals surface area contributed by atoms with Crippen molar-refractivity contribution in [3.05, 3.63) is 33.9 Å². The molecule has 0 saturated heterocycles. The second-order valence-corrected chi connectivity index (χ2v) is 4.91. The Morgan fingerprint density at radius 3 is 2.64 bits per heavy atom. The molecular weight excluding hydrogens is 238 g/mol. The predicted octanol–water partition coefficient (Wildman–Crippen LogP) is 4.36. The van der Waals surface area contributed by atoms with Gasteiger partial charge in [0.05, 0.1) is 5.52 Å². The summed E-state index contributed by atoms with van der Waals surface area (Å²) in [6.45, 7) is 6.57. The molecule has 0 amide bonds. The van der Waals surface area contributed by atoms with Crippen molar-refractivity contribution in [1.82, 2.24) is 4.98 Å². The van der Waals surface area contributed by atoms with E-state index in [0.29, 0.717) is 5.92 Å². The summed E-state index contributed by atoms with van der Waals surface area (Å²) in [7, 11) is 0. The predicted molar refractivity (Wildman–Crippen MR) is 64.8 cm³/mol. The summed E-state index contributed by atoms with van der Waals surface area (Å²) in [5, 5.41) is 1.32. The van der Waals surface area contributed by atoms with E-state index in [1.165, 1.54) is 22.0 Å². The fourth-order valence-electron chi connectivity index (χ4n) is 1.68. The van der Waals surface area contributed by atoms with Gasteiger partial charge in [0, 0.05) is 16.1 Å². The van der Waals surface area contributed by atoms with Crippen molar-refractivity contribution in [2.45, 2.75) is 26.7 Å². The molecule has 0 saturated carbocycles. The van der Waals surface area contributed by atoms with Crippen molar-refractivity contribution < 1.29 is 0 Å². The SMILES string of the molecule is Cc1c[nH]c2c(Br)cc(C(C)C)cc12. The molecule has 0 radical (unpaired) electrons. The van der Waals surface area contributed by atoms with Crippen LogP contribution in [0.1, 0.15) is 30.9 Å². The summed E-state index contributed by atoms with van der Waals surface area (Å²) < 4.78 is 1.16. The summed E-state index contributed by atoms with van der Waals surface area (Å²) in [5.41, 5.74) is 3.89. The second-order valence-electron chi connectivity index (χ2n) is 4.05. The quantitative estimate of drug-likeness (QED) is 0.776. The first kappa shape index (κ1) is 9.78. The first-order valence-corrected chi connectivity index (χ1v) is 5.66. The van der Waals surface area contributed by atoms with Gasteiger partial charge < -0.3 is 4.98 Å². The average molecular weight is 252 g/mol. The van der Waals surface area contributed by atoms with E-state index in [4.69, 9.17) is 0 Å². The molecule has 1 N–H and O–H groups in total. The van der Waals surface area contributed by atoms with Crippen molar-refractivity contribution in [2.24, 2.45) is 0 Å². The third-order valence-corrected chi connectivity index (χ3v) is 3.26. The maximum absolute atomic E-state index is 3.60. The van der Waals surface area contributed by atoms with Crippen molar-refractivity contribution in [3.63, 3.8) is 0 Å². The molecule has 1 aromatic carbocycles. The number of nitrogens with one attached hydrogen (secondary N) is 1. The average Bonchev–Trinajstić information content (AvgIpc) is 2.48. The molecule has 0 atom stereocenters. The third kappa shape index (κ3) is 1.48. The summed E-state index contributed by atoms with van der Waals surface area (Å²) >= 11 is 3.60. The largest absolute Gasteiger partial charge is 0.360 e. The lowest BCUT2D eigenvalue weighted by Crippen LogP contribution is -1.87. The smallest absolute Gasteiger partial charge is 0.0601 e. The van der Waals surface area contributed by atoms with E-state index in [2.05, 4.69) is 60.0 Å². The van der Waals surface area contributed by atoms with Crippen LogP contribution in [-0.2, 0) is 0 Å². The molecule has 14 heavy (non-hydrogen) atoms. The number of halogens is 1. The minimum absolute atomic E-state index is 0.574. The Bertz CT molecular complexity index is 468. The number of rotatable bonds is 1. The summed E-state index contributed by atoms with van der Waals surface area (Å²) in [5.74, 6) is 0.574. The lowest BCUT2D eigenvalue weighted by Gasteiger charge is -2.07. The Hall–Kier alpha value is -0.760. The van der Waals surface area contributed by atoms with E-state index >= 15 is 0 Å². The fourth-order valence-corrected chi connectivity index (χ4v) is 2.27. The summed E-state index contributed by atoms with van der Waals surface area (Å²) in [6, 6.07) is 4.47. The van der Waals surface area contributed by atoms with Crippen LogP contribution in [0.5, 0.6) is 0 Å². The van der Waals surface area contributed by atoms with E-state index in [-0.39, 0.29) is 0 Å². The summed E-state index contributed by atoms with van der Waals surface area (Å²) in [4.78, 5) is 3.28. The molecule has 2 rings (SSSR count). The Kier molecular flexibility index (Phi) is 2.40. The molecular formula is C12H14BrN. The topological polar surface area (TPSA) is 15.8 Å². The van der Waals surface area contributed by atoms with Gasteiger partial charge in [-0.2, -0.15) is 0 Å². The molecule has 0 fully saturated rings. The number of hydrogen-bond donors (Lipinski definition) is 1. The van der Waals surface area contributed by atoms with Crippen molar-refractivity contribution in [1.29, 1.82) is 0 Å². The fraction of sp³-hybridized carbons (Fsp3) is 0.333. The number of aromatic amines is 1. The minimum atomic E-state index is 0.574. The first-order chi connectivity index (χ1) is 6.59. The second kappa shape index (κ2) is 3.43. The lowest BCUT2D eigenvalue weighted by molar-refractivity contribution is 0.868. The van der Waals surface area contributed by atoms with Crippen LogP contribution in [0, 0.1) is 6.92 Å². The normalized spacial score (nSPS) is 11.5. The molecule has 1 heterocycles. The molecule has 1 nitrogen and oxygen atoms in total. The van der Waals surface area contributed by atoms with Crippen LogP contribution in [0.25, 0.3) is 10.9 Å². The van der Waals surface area contributed by atoms with Gasteiger partial charge in [0.15, 0.2) is 0 Å². The standard InChI is InChI=1S/C12H14BrN/c1-7(2)9-4-10-8(3)6-14-12(10)11(13)5-9/h4-7,14H,1-3H3. The lowest BCUT2D eigenvalue weighted by atomic mass is 10.0. The Labute approximate surface area is 92.6 Å². The molecule has 0 aliphatic heterocycles. The van der Waals surface area contributed by atoms with E-state index < -0.39 is 0 Å². The zero-order valence-corrected chi connectivity index (χ0v) is 10.3. The van der Waals surface area contributed by atoms with E-state index in [1.54, 1.807) is 0 Å². The zero-order chi connectivity index (χ0) is 10.3. The van der Waals surface area contributed by atoms with Gasteiger partial charge >= 0.3 is 0 Å². The van der Waals surface area contributed by atoms with Crippen molar-refractivity contribution in [3.8, 4) is 0 Å². The summed E-state index contributed by atoms with van der Waals surface area (Å²) in [6.07, 6.45) is 2.06. The number of aryl methyl sites for hydroxylation is 1.